The molecule has 0 radical (unpaired) electrons. The van der Waals surface area contributed by atoms with Gasteiger partial charge in [-0.15, -0.1) is 0 Å². The maximum Gasteiger partial charge on any atom is 0.323 e. The molecule has 1 fully saturated rings. The van der Waals surface area contributed by atoms with Gasteiger partial charge in [-0.1, -0.05) is 6.92 Å². The minimum Gasteiger partial charge on any atom is -0.465 e. The molecule has 1 aliphatic rings. The molecule has 1 rings (SSSR count). The molecular formula is C11H21NO2. The van der Waals surface area contributed by atoms with Gasteiger partial charge in [-0.3, -0.25) is 9.69 Å². The molecule has 0 unspecified atom stereocenters. The molecule has 0 aromatic rings. The van der Waals surface area contributed by atoms with Gasteiger partial charge in [0.05, 0.1) is 6.61 Å². The molecule has 14 heavy (non-hydrogen) atoms. The molecule has 3 heteroatoms. The first-order valence-electron chi connectivity index (χ1n) is 5.55. The van der Waals surface area contributed by atoms with Crippen LogP contribution >= 0.6 is 0 Å². The van der Waals surface area contributed by atoms with Crippen molar-refractivity contribution in [1.29, 1.82) is 0 Å². The third-order valence-electron chi connectivity index (χ3n) is 2.86. The van der Waals surface area contributed by atoms with Crippen molar-refractivity contribution < 1.29 is 9.53 Å². The molecule has 0 N–H and O–H groups in total. The molecule has 0 aromatic carbocycles. The molecule has 0 amide bonds. The van der Waals surface area contributed by atoms with E-state index >= 15 is 0 Å². The predicted molar refractivity (Wildman–Crippen MR) is 56.1 cm³/mol. The Balaban J connectivity index is 2.42. The van der Waals surface area contributed by atoms with E-state index in [1.165, 1.54) is 12.8 Å². The molecule has 0 saturated carbocycles. The van der Waals surface area contributed by atoms with Gasteiger partial charge in [-0.2, -0.15) is 0 Å². The average molecular weight is 199 g/mol. The third-order valence-corrected chi connectivity index (χ3v) is 2.86. The van der Waals surface area contributed by atoms with Crippen molar-refractivity contribution in [1.82, 2.24) is 4.90 Å². The van der Waals surface area contributed by atoms with Crippen LogP contribution in [-0.4, -0.2) is 36.6 Å². The maximum absolute atomic E-state index is 11.5. The predicted octanol–water partition coefficient (Wildman–Crippen LogP) is 1.67. The number of piperidine rings is 1. The first-order valence-corrected chi connectivity index (χ1v) is 5.55. The summed E-state index contributed by atoms with van der Waals surface area (Å²) in [5.74, 6) is 0.627. The van der Waals surface area contributed by atoms with Crippen molar-refractivity contribution in [2.45, 2.75) is 39.7 Å². The monoisotopic (exact) mass is 199 g/mol. The summed E-state index contributed by atoms with van der Waals surface area (Å²) in [6.07, 6.45) is 2.48. The molecular weight excluding hydrogens is 178 g/mol. The quantitative estimate of drug-likeness (QED) is 0.648. The summed E-state index contributed by atoms with van der Waals surface area (Å²) in [5, 5.41) is 0. The Morgan fingerprint density at radius 1 is 1.64 bits per heavy atom. The van der Waals surface area contributed by atoms with E-state index in [0.717, 1.165) is 13.1 Å². The van der Waals surface area contributed by atoms with Crippen molar-refractivity contribution in [2.24, 2.45) is 5.92 Å². The second-order valence-electron chi connectivity index (χ2n) is 4.17. The molecule has 0 bridgehead atoms. The lowest BCUT2D eigenvalue weighted by atomic mass is 9.99. The average Bonchev–Trinajstić information content (AvgIpc) is 2.17. The number of ether oxygens (including phenoxy) is 1. The van der Waals surface area contributed by atoms with E-state index in [1.54, 1.807) is 0 Å². The largest absolute Gasteiger partial charge is 0.465 e. The fourth-order valence-electron chi connectivity index (χ4n) is 1.99. The lowest BCUT2D eigenvalue weighted by Crippen LogP contribution is -2.45. The van der Waals surface area contributed by atoms with Gasteiger partial charge >= 0.3 is 5.97 Å². The summed E-state index contributed by atoms with van der Waals surface area (Å²) in [4.78, 5) is 13.7. The summed E-state index contributed by atoms with van der Waals surface area (Å²) >= 11 is 0. The van der Waals surface area contributed by atoms with Crippen molar-refractivity contribution in [3.05, 3.63) is 0 Å². The van der Waals surface area contributed by atoms with Crippen LogP contribution in [0.25, 0.3) is 0 Å². The SMILES string of the molecule is CCOC(=O)[C@@H](C)N1CCC[C@H](C)C1. The fraction of sp³-hybridized carbons (Fsp3) is 0.909. The van der Waals surface area contributed by atoms with Gasteiger partial charge in [0.15, 0.2) is 0 Å². The molecule has 82 valence electrons. The van der Waals surface area contributed by atoms with Crippen molar-refractivity contribution in [2.75, 3.05) is 19.7 Å². The number of nitrogens with zero attached hydrogens (tertiary/aromatic N) is 1. The first kappa shape index (κ1) is 11.5. The molecule has 2 atom stereocenters. The minimum atomic E-state index is -0.0819. The van der Waals surface area contributed by atoms with E-state index < -0.39 is 0 Å². The van der Waals surface area contributed by atoms with Gasteiger partial charge < -0.3 is 4.74 Å². The van der Waals surface area contributed by atoms with Crippen LogP contribution in [-0.2, 0) is 9.53 Å². The van der Waals surface area contributed by atoms with E-state index in [4.69, 9.17) is 4.74 Å². The summed E-state index contributed by atoms with van der Waals surface area (Å²) < 4.78 is 5.01. The summed E-state index contributed by atoms with van der Waals surface area (Å²) in [6, 6.07) is -0.0716. The van der Waals surface area contributed by atoms with Gasteiger partial charge in [-0.05, 0) is 39.2 Å². The number of carbonyl (C=O) groups is 1. The van der Waals surface area contributed by atoms with Crippen LogP contribution in [0.5, 0.6) is 0 Å². The Labute approximate surface area is 86.4 Å². The number of esters is 1. The zero-order valence-corrected chi connectivity index (χ0v) is 9.45. The Hall–Kier alpha value is -0.570. The van der Waals surface area contributed by atoms with Crippen LogP contribution in [0.15, 0.2) is 0 Å². The zero-order valence-electron chi connectivity index (χ0n) is 9.45. The second-order valence-corrected chi connectivity index (χ2v) is 4.17. The van der Waals surface area contributed by atoms with Crippen LogP contribution < -0.4 is 0 Å². The maximum atomic E-state index is 11.5. The number of carbonyl (C=O) groups excluding carboxylic acids is 1. The molecule has 3 nitrogen and oxygen atoms in total. The molecule has 1 aliphatic heterocycles. The van der Waals surface area contributed by atoms with Crippen molar-refractivity contribution in [3.8, 4) is 0 Å². The number of hydrogen-bond acceptors (Lipinski definition) is 3. The normalized spacial score (nSPS) is 25.8. The molecule has 1 heterocycles. The lowest BCUT2D eigenvalue weighted by Gasteiger charge is -2.34. The van der Waals surface area contributed by atoms with Gasteiger partial charge in [-0.25, -0.2) is 0 Å². The number of rotatable bonds is 3. The zero-order chi connectivity index (χ0) is 10.6. The van der Waals surface area contributed by atoms with Gasteiger partial charge in [0.1, 0.15) is 6.04 Å². The van der Waals surface area contributed by atoms with Crippen LogP contribution in [0.3, 0.4) is 0 Å². The molecule has 0 aliphatic carbocycles. The number of hydrogen-bond donors (Lipinski definition) is 0. The summed E-state index contributed by atoms with van der Waals surface area (Å²) in [6.45, 7) is 8.57. The van der Waals surface area contributed by atoms with E-state index in [-0.39, 0.29) is 12.0 Å². The highest BCUT2D eigenvalue weighted by molar-refractivity contribution is 5.75. The highest BCUT2D eigenvalue weighted by Crippen LogP contribution is 2.17. The van der Waals surface area contributed by atoms with Gasteiger partial charge in [0, 0.05) is 6.54 Å². The van der Waals surface area contributed by atoms with Gasteiger partial charge in [0.2, 0.25) is 0 Å². The molecule has 0 aromatic heterocycles. The van der Waals surface area contributed by atoms with E-state index in [1.807, 2.05) is 13.8 Å². The second kappa shape index (κ2) is 5.35. The van der Waals surface area contributed by atoms with Gasteiger partial charge in [0.25, 0.3) is 0 Å². The Morgan fingerprint density at radius 2 is 2.36 bits per heavy atom. The van der Waals surface area contributed by atoms with Crippen molar-refractivity contribution >= 4 is 5.97 Å². The third kappa shape index (κ3) is 2.98. The topological polar surface area (TPSA) is 29.5 Å². The van der Waals surface area contributed by atoms with Crippen molar-refractivity contribution in [3.63, 3.8) is 0 Å². The fourth-order valence-corrected chi connectivity index (χ4v) is 1.99. The first-order chi connectivity index (χ1) is 6.65. The molecule has 1 saturated heterocycles. The minimum absolute atomic E-state index is 0.0716. The Kier molecular flexibility index (Phi) is 4.39. The van der Waals surface area contributed by atoms with Crippen LogP contribution in [0, 0.1) is 5.92 Å². The highest BCUT2D eigenvalue weighted by Gasteiger charge is 2.26. The standard InChI is InChI=1S/C11H21NO2/c1-4-14-11(13)10(3)12-7-5-6-9(2)8-12/h9-10H,4-8H2,1-3H3/t9-,10+/m0/s1. The Morgan fingerprint density at radius 3 is 2.93 bits per heavy atom. The van der Waals surface area contributed by atoms with E-state index in [9.17, 15) is 4.79 Å². The smallest absolute Gasteiger partial charge is 0.323 e. The van der Waals surface area contributed by atoms with E-state index in [0.29, 0.717) is 12.5 Å². The molecule has 0 spiro atoms. The summed E-state index contributed by atoms with van der Waals surface area (Å²) in [5.41, 5.74) is 0. The lowest BCUT2D eigenvalue weighted by molar-refractivity contribution is -0.149. The van der Waals surface area contributed by atoms with Crippen LogP contribution in [0.2, 0.25) is 0 Å². The van der Waals surface area contributed by atoms with E-state index in [2.05, 4.69) is 11.8 Å². The highest BCUT2D eigenvalue weighted by atomic mass is 16.5. The summed E-state index contributed by atoms with van der Waals surface area (Å²) in [7, 11) is 0. The van der Waals surface area contributed by atoms with Crippen LogP contribution in [0.4, 0.5) is 0 Å². The number of likely N-dealkylation sites (tertiary alicyclic amines) is 1. The Bertz CT molecular complexity index is 194. The van der Waals surface area contributed by atoms with Crippen LogP contribution in [0.1, 0.15) is 33.6 Å².